The topological polar surface area (TPSA) is 30.9 Å². The lowest BCUT2D eigenvalue weighted by Crippen LogP contribution is -2.45. The molecular weight excluding hydrogens is 443 g/mol. The first-order chi connectivity index (χ1) is 11.7. The molecule has 1 N–H and O–H groups in total. The molecule has 6 heteroatoms. The van der Waals surface area contributed by atoms with Crippen molar-refractivity contribution in [3.8, 4) is 0 Å². The molecule has 2 rings (SSSR count). The lowest BCUT2D eigenvalue weighted by molar-refractivity contribution is 0.125. The maximum atomic E-state index is 4.45. The summed E-state index contributed by atoms with van der Waals surface area (Å²) in [7, 11) is 6.24. The van der Waals surface area contributed by atoms with E-state index < -0.39 is 0 Å². The number of aliphatic imine (C=N–C) groups is 1. The summed E-state index contributed by atoms with van der Waals surface area (Å²) >= 11 is 1.88. The Morgan fingerprint density at radius 1 is 1.56 bits per heavy atom. The van der Waals surface area contributed by atoms with Crippen LogP contribution in [0.2, 0.25) is 0 Å². The van der Waals surface area contributed by atoms with Gasteiger partial charge in [-0.05, 0) is 56.6 Å². The number of thiophene rings is 1. The summed E-state index contributed by atoms with van der Waals surface area (Å²) in [5.41, 5.74) is 0. The highest BCUT2D eigenvalue weighted by Gasteiger charge is 2.31. The number of guanidine groups is 1. The van der Waals surface area contributed by atoms with Crippen LogP contribution in [0.15, 0.2) is 35.2 Å². The van der Waals surface area contributed by atoms with Crippen molar-refractivity contribution in [2.45, 2.75) is 31.7 Å². The number of likely N-dealkylation sites (tertiary alicyclic amines) is 1. The monoisotopic (exact) mass is 476 g/mol. The normalized spacial score (nSPS) is 21.5. The summed E-state index contributed by atoms with van der Waals surface area (Å²) in [5.74, 6) is 1.62. The van der Waals surface area contributed by atoms with Gasteiger partial charge in [0, 0.05) is 38.1 Å². The minimum absolute atomic E-state index is 0. The van der Waals surface area contributed by atoms with Gasteiger partial charge in [0.15, 0.2) is 5.96 Å². The van der Waals surface area contributed by atoms with E-state index in [9.17, 15) is 0 Å². The van der Waals surface area contributed by atoms with E-state index in [0.717, 1.165) is 31.9 Å². The molecule has 2 atom stereocenters. The largest absolute Gasteiger partial charge is 0.356 e. The molecule has 25 heavy (non-hydrogen) atoms. The summed E-state index contributed by atoms with van der Waals surface area (Å²) in [6.07, 6.45) is 6.70. The Morgan fingerprint density at radius 3 is 3.00 bits per heavy atom. The van der Waals surface area contributed by atoms with Crippen LogP contribution in [-0.4, -0.2) is 56.5 Å². The number of piperidine rings is 1. The lowest BCUT2D eigenvalue weighted by atomic mass is 9.88. The molecule has 1 aromatic rings. The van der Waals surface area contributed by atoms with Crippen LogP contribution in [0.25, 0.3) is 0 Å². The second-order valence-corrected chi connectivity index (χ2v) is 7.60. The van der Waals surface area contributed by atoms with Crippen molar-refractivity contribution < 1.29 is 0 Å². The first kappa shape index (κ1) is 22.4. The van der Waals surface area contributed by atoms with Gasteiger partial charge in [-0.1, -0.05) is 12.1 Å². The molecule has 0 radical (unpaired) electrons. The lowest BCUT2D eigenvalue weighted by Gasteiger charge is -2.39. The van der Waals surface area contributed by atoms with Crippen molar-refractivity contribution in [1.82, 2.24) is 15.1 Å². The van der Waals surface area contributed by atoms with Crippen LogP contribution in [0.4, 0.5) is 0 Å². The standard InChI is InChI=1S/C19H32N4S.HI/c1-5-6-7-12-23(4)19(20-2)21-15-16-10-8-13-22(3)18(16)17-11-9-14-24-17;/h5,9,11,14,16,18H,1,6-8,10,12-13,15H2,2-4H3,(H,20,21);1H. The number of nitrogens with zero attached hydrogens (tertiary/aromatic N) is 3. The first-order valence-corrected chi connectivity index (χ1v) is 9.81. The smallest absolute Gasteiger partial charge is 0.193 e. The molecule has 2 heterocycles. The van der Waals surface area contributed by atoms with Gasteiger partial charge in [0.25, 0.3) is 0 Å². The maximum Gasteiger partial charge on any atom is 0.193 e. The number of halogens is 1. The van der Waals surface area contributed by atoms with Crippen LogP contribution in [0.1, 0.15) is 36.6 Å². The van der Waals surface area contributed by atoms with Gasteiger partial charge in [-0.3, -0.25) is 9.89 Å². The van der Waals surface area contributed by atoms with E-state index in [2.05, 4.69) is 58.3 Å². The summed E-state index contributed by atoms with van der Waals surface area (Å²) in [6.45, 7) is 6.96. The zero-order valence-corrected chi connectivity index (χ0v) is 18.9. The van der Waals surface area contributed by atoms with Crippen molar-refractivity contribution in [2.24, 2.45) is 10.9 Å². The number of nitrogens with one attached hydrogen (secondary N) is 1. The van der Waals surface area contributed by atoms with Crippen LogP contribution in [0, 0.1) is 5.92 Å². The highest BCUT2D eigenvalue weighted by Crippen LogP contribution is 2.36. The van der Waals surface area contributed by atoms with Crippen LogP contribution in [0.3, 0.4) is 0 Å². The van der Waals surface area contributed by atoms with E-state index in [4.69, 9.17) is 0 Å². The number of allylic oxidation sites excluding steroid dienone is 1. The Morgan fingerprint density at radius 2 is 2.36 bits per heavy atom. The third kappa shape index (κ3) is 6.57. The average Bonchev–Trinajstić information content (AvgIpc) is 3.09. The van der Waals surface area contributed by atoms with Gasteiger partial charge in [0.2, 0.25) is 0 Å². The van der Waals surface area contributed by atoms with Gasteiger partial charge in [-0.2, -0.15) is 0 Å². The second-order valence-electron chi connectivity index (χ2n) is 6.62. The van der Waals surface area contributed by atoms with Crippen LogP contribution < -0.4 is 5.32 Å². The predicted molar refractivity (Wildman–Crippen MR) is 121 cm³/mol. The molecule has 1 aromatic heterocycles. The molecule has 1 aliphatic rings. The third-order valence-corrected chi connectivity index (χ3v) is 5.78. The van der Waals surface area contributed by atoms with E-state index in [0.29, 0.717) is 12.0 Å². The number of hydrogen-bond acceptors (Lipinski definition) is 3. The number of unbranched alkanes of at least 4 members (excludes halogenated alkanes) is 1. The molecule has 1 aliphatic heterocycles. The second kappa shape index (κ2) is 11.9. The Balaban J connectivity index is 0.00000312. The van der Waals surface area contributed by atoms with Gasteiger partial charge in [0.1, 0.15) is 0 Å². The number of hydrogen-bond donors (Lipinski definition) is 1. The van der Waals surface area contributed by atoms with Crippen LogP contribution in [0.5, 0.6) is 0 Å². The van der Waals surface area contributed by atoms with Crippen molar-refractivity contribution >= 4 is 41.3 Å². The summed E-state index contributed by atoms with van der Waals surface area (Å²) in [6, 6.07) is 4.97. The number of rotatable bonds is 7. The van der Waals surface area contributed by atoms with Gasteiger partial charge in [-0.25, -0.2) is 0 Å². The first-order valence-electron chi connectivity index (χ1n) is 8.93. The van der Waals surface area contributed by atoms with E-state index in [1.54, 1.807) is 0 Å². The molecule has 0 saturated carbocycles. The van der Waals surface area contributed by atoms with E-state index in [1.165, 1.54) is 24.3 Å². The molecule has 4 nitrogen and oxygen atoms in total. The highest BCUT2D eigenvalue weighted by atomic mass is 127. The van der Waals surface area contributed by atoms with Crippen molar-refractivity contribution in [3.05, 3.63) is 35.0 Å². The van der Waals surface area contributed by atoms with E-state index in [1.807, 2.05) is 24.5 Å². The minimum atomic E-state index is 0. The predicted octanol–water partition coefficient (Wildman–Crippen LogP) is 4.22. The molecule has 2 unspecified atom stereocenters. The van der Waals surface area contributed by atoms with Gasteiger partial charge in [-0.15, -0.1) is 41.9 Å². The van der Waals surface area contributed by atoms with Crippen molar-refractivity contribution in [1.29, 1.82) is 0 Å². The Hall–Kier alpha value is -0.600. The van der Waals surface area contributed by atoms with Crippen LogP contribution >= 0.6 is 35.3 Å². The molecule has 0 bridgehead atoms. The summed E-state index contributed by atoms with van der Waals surface area (Å²) in [5, 5.41) is 5.80. The molecule has 142 valence electrons. The van der Waals surface area contributed by atoms with E-state index >= 15 is 0 Å². The average molecular weight is 476 g/mol. The molecular formula is C19H33IN4S. The minimum Gasteiger partial charge on any atom is -0.356 e. The fourth-order valence-corrected chi connectivity index (χ4v) is 4.55. The summed E-state index contributed by atoms with van der Waals surface area (Å²) in [4.78, 5) is 10.7. The Labute approximate surface area is 174 Å². The zero-order chi connectivity index (χ0) is 17.4. The highest BCUT2D eigenvalue weighted by molar-refractivity contribution is 14.0. The van der Waals surface area contributed by atoms with E-state index in [-0.39, 0.29) is 24.0 Å². The fourth-order valence-electron chi connectivity index (χ4n) is 3.57. The molecule has 0 aliphatic carbocycles. The third-order valence-electron chi connectivity index (χ3n) is 4.84. The van der Waals surface area contributed by atoms with Crippen molar-refractivity contribution in [3.63, 3.8) is 0 Å². The summed E-state index contributed by atoms with van der Waals surface area (Å²) < 4.78 is 0. The Bertz CT molecular complexity index is 518. The SMILES string of the molecule is C=CCCCN(C)C(=NC)NCC1CCCN(C)C1c1cccs1.I. The van der Waals surface area contributed by atoms with Gasteiger partial charge in [0.05, 0.1) is 0 Å². The quantitative estimate of drug-likeness (QED) is 0.210. The van der Waals surface area contributed by atoms with Gasteiger partial charge < -0.3 is 10.2 Å². The van der Waals surface area contributed by atoms with Crippen molar-refractivity contribution in [2.75, 3.05) is 40.8 Å². The van der Waals surface area contributed by atoms with Gasteiger partial charge >= 0.3 is 0 Å². The molecule has 1 saturated heterocycles. The zero-order valence-electron chi connectivity index (χ0n) is 15.8. The maximum absolute atomic E-state index is 4.45. The molecule has 0 amide bonds. The van der Waals surface area contributed by atoms with Crippen LogP contribution in [-0.2, 0) is 0 Å². The Kier molecular flexibility index (Phi) is 10.7. The fraction of sp³-hybridized carbons (Fsp3) is 0.632. The molecule has 1 fully saturated rings. The molecule has 0 spiro atoms. The molecule has 0 aromatic carbocycles.